The number of rotatable bonds is 6. The Morgan fingerprint density at radius 3 is 3.16 bits per heavy atom. The fourth-order valence-corrected chi connectivity index (χ4v) is 1.99. The van der Waals surface area contributed by atoms with Crippen molar-refractivity contribution >= 4 is 10.9 Å². The number of aryl methyl sites for hydroxylation is 1. The summed E-state index contributed by atoms with van der Waals surface area (Å²) in [6, 6.07) is 4.18. The summed E-state index contributed by atoms with van der Waals surface area (Å²) in [5, 5.41) is 20.9. The van der Waals surface area contributed by atoms with Crippen LogP contribution in [0.25, 0.3) is 10.9 Å². The van der Waals surface area contributed by atoms with Crippen molar-refractivity contribution < 1.29 is 5.11 Å². The Kier molecular flexibility index (Phi) is 4.54. The lowest BCUT2D eigenvalue weighted by Gasteiger charge is -2.05. The minimum atomic E-state index is 0.345. The van der Waals surface area contributed by atoms with E-state index in [4.69, 9.17) is 5.73 Å². The van der Waals surface area contributed by atoms with E-state index in [1.807, 2.05) is 12.3 Å². The number of nitrogens with two attached hydrogens (primary N) is 1. The second kappa shape index (κ2) is 6.36. The van der Waals surface area contributed by atoms with E-state index in [0.29, 0.717) is 31.8 Å². The number of aliphatic hydroxyl groups is 1. The van der Waals surface area contributed by atoms with Crippen molar-refractivity contribution in [3.8, 4) is 0 Å². The van der Waals surface area contributed by atoms with Crippen LogP contribution in [0.3, 0.4) is 0 Å². The van der Waals surface area contributed by atoms with Crippen LogP contribution in [0.2, 0.25) is 0 Å². The van der Waals surface area contributed by atoms with Crippen LogP contribution >= 0.6 is 0 Å². The minimum Gasteiger partial charge on any atom is -0.511 e. The molecule has 1 heterocycles. The van der Waals surface area contributed by atoms with Gasteiger partial charge >= 0.3 is 0 Å². The summed E-state index contributed by atoms with van der Waals surface area (Å²) in [7, 11) is 0. The largest absolute Gasteiger partial charge is 0.511 e. The number of nitrogens with zero attached hydrogens (tertiary/aromatic N) is 1. The quantitative estimate of drug-likeness (QED) is 0.467. The molecule has 2 aromatic rings. The molecule has 0 spiro atoms. The predicted molar refractivity (Wildman–Crippen MR) is 77.2 cm³/mol. The molecule has 0 atom stereocenters. The van der Waals surface area contributed by atoms with Crippen molar-refractivity contribution in [3.63, 3.8) is 0 Å². The molecule has 0 saturated heterocycles. The summed E-state index contributed by atoms with van der Waals surface area (Å²) in [6.07, 6.45) is 4.35. The maximum Gasteiger partial charge on any atom is 0.102 e. The van der Waals surface area contributed by atoms with E-state index in [0.717, 1.165) is 10.9 Å². The van der Waals surface area contributed by atoms with Gasteiger partial charge in [0.05, 0.1) is 18.3 Å². The summed E-state index contributed by atoms with van der Waals surface area (Å²) in [6.45, 7) is 3.81. The number of fused-ring (bicyclic) bond motifs is 1. The van der Waals surface area contributed by atoms with Crippen LogP contribution in [-0.4, -0.2) is 34.9 Å². The maximum absolute atomic E-state index is 9.74. The molecule has 1 aromatic carbocycles. The van der Waals surface area contributed by atoms with Gasteiger partial charge in [0.15, 0.2) is 0 Å². The molecular formula is C14H20N4O. The van der Waals surface area contributed by atoms with Crippen molar-refractivity contribution in [1.29, 1.82) is 0 Å². The highest BCUT2D eigenvalue weighted by molar-refractivity contribution is 5.79. The van der Waals surface area contributed by atoms with E-state index in [2.05, 4.69) is 34.6 Å². The highest BCUT2D eigenvalue weighted by Gasteiger charge is 2.02. The van der Waals surface area contributed by atoms with E-state index in [9.17, 15) is 5.11 Å². The number of nitrogens with one attached hydrogen (secondary N) is 2. The van der Waals surface area contributed by atoms with E-state index in [-0.39, 0.29) is 0 Å². The Hall–Kier alpha value is -1.85. The van der Waals surface area contributed by atoms with Crippen molar-refractivity contribution in [1.82, 2.24) is 15.5 Å². The number of aromatic nitrogens is 2. The summed E-state index contributed by atoms with van der Waals surface area (Å²) >= 11 is 0. The first-order valence-electron chi connectivity index (χ1n) is 6.42. The molecule has 0 aliphatic heterocycles. The zero-order valence-corrected chi connectivity index (χ0v) is 11.1. The molecule has 5 heteroatoms. The molecule has 102 valence electrons. The molecule has 0 fully saturated rings. The average Bonchev–Trinajstić information content (AvgIpc) is 2.83. The topological polar surface area (TPSA) is 87.0 Å². The fourth-order valence-electron chi connectivity index (χ4n) is 1.99. The number of hydrogen-bond acceptors (Lipinski definition) is 4. The number of benzene rings is 1. The lowest BCUT2D eigenvalue weighted by atomic mass is 10.0. The number of aliphatic hydroxyl groups excluding tert-OH is 1. The van der Waals surface area contributed by atoms with E-state index in [1.165, 1.54) is 11.1 Å². The van der Waals surface area contributed by atoms with Crippen LogP contribution in [0, 0.1) is 6.92 Å². The number of aromatic amines is 1. The van der Waals surface area contributed by atoms with Crippen LogP contribution in [0.15, 0.2) is 30.2 Å². The van der Waals surface area contributed by atoms with Gasteiger partial charge < -0.3 is 16.2 Å². The molecule has 0 bridgehead atoms. The normalized spacial score (nSPS) is 12.2. The fraction of sp³-hybridized carbons (Fsp3) is 0.357. The standard InChI is InChI=1S/C14H20N4O/c1-10-6-12-8-17-18-14(12)7-11(10)2-3-13(19)9-16-5-4-15/h3,6-8,16,19H,2,4-5,9,15H2,1H3,(H,17,18). The molecule has 0 aliphatic carbocycles. The van der Waals surface area contributed by atoms with Gasteiger partial charge in [-0.05, 0) is 42.7 Å². The first-order chi connectivity index (χ1) is 9.20. The van der Waals surface area contributed by atoms with Gasteiger partial charge in [-0.3, -0.25) is 5.10 Å². The Labute approximate surface area is 112 Å². The molecule has 0 aliphatic rings. The SMILES string of the molecule is Cc1cc2cn[nH]c2cc1CC=C(O)CNCCN. The second-order valence-corrected chi connectivity index (χ2v) is 4.60. The van der Waals surface area contributed by atoms with Gasteiger partial charge in [-0.25, -0.2) is 0 Å². The molecule has 1 aromatic heterocycles. The maximum atomic E-state index is 9.74. The second-order valence-electron chi connectivity index (χ2n) is 4.60. The minimum absolute atomic E-state index is 0.345. The Balaban J connectivity index is 2.04. The first kappa shape index (κ1) is 13.6. The highest BCUT2D eigenvalue weighted by Crippen LogP contribution is 2.18. The Morgan fingerprint density at radius 2 is 2.37 bits per heavy atom. The molecule has 5 nitrogen and oxygen atoms in total. The summed E-state index contributed by atoms with van der Waals surface area (Å²) in [5.74, 6) is 0.345. The average molecular weight is 260 g/mol. The van der Waals surface area contributed by atoms with Crippen molar-refractivity contribution in [2.24, 2.45) is 5.73 Å². The summed E-state index contributed by atoms with van der Waals surface area (Å²) in [5.41, 5.74) is 8.78. The molecule has 0 saturated carbocycles. The van der Waals surface area contributed by atoms with Crippen LogP contribution in [0.5, 0.6) is 0 Å². The Morgan fingerprint density at radius 1 is 1.53 bits per heavy atom. The zero-order chi connectivity index (χ0) is 13.7. The molecule has 2 rings (SSSR count). The van der Waals surface area contributed by atoms with Gasteiger partial charge in [0.25, 0.3) is 0 Å². The molecular weight excluding hydrogens is 240 g/mol. The van der Waals surface area contributed by atoms with E-state index >= 15 is 0 Å². The summed E-state index contributed by atoms with van der Waals surface area (Å²) < 4.78 is 0. The Bertz CT molecular complexity index is 574. The van der Waals surface area contributed by atoms with Gasteiger partial charge in [-0.2, -0.15) is 5.10 Å². The van der Waals surface area contributed by atoms with Gasteiger partial charge in [0, 0.05) is 18.5 Å². The van der Waals surface area contributed by atoms with E-state index < -0.39 is 0 Å². The predicted octanol–water partition coefficient (Wildman–Crippen LogP) is 1.40. The van der Waals surface area contributed by atoms with Crippen LogP contribution in [0.4, 0.5) is 0 Å². The van der Waals surface area contributed by atoms with Gasteiger partial charge in [-0.1, -0.05) is 0 Å². The van der Waals surface area contributed by atoms with Crippen LogP contribution < -0.4 is 11.1 Å². The smallest absolute Gasteiger partial charge is 0.102 e. The molecule has 19 heavy (non-hydrogen) atoms. The zero-order valence-electron chi connectivity index (χ0n) is 11.1. The number of H-pyrrole nitrogens is 1. The third-order valence-electron chi connectivity index (χ3n) is 3.08. The molecule has 0 amide bonds. The van der Waals surface area contributed by atoms with Crippen molar-refractivity contribution in [3.05, 3.63) is 41.3 Å². The highest BCUT2D eigenvalue weighted by atomic mass is 16.3. The van der Waals surface area contributed by atoms with Crippen molar-refractivity contribution in [2.75, 3.05) is 19.6 Å². The molecule has 0 unspecified atom stereocenters. The van der Waals surface area contributed by atoms with Crippen LogP contribution in [-0.2, 0) is 6.42 Å². The summed E-state index contributed by atoms with van der Waals surface area (Å²) in [4.78, 5) is 0. The first-order valence-corrected chi connectivity index (χ1v) is 6.42. The van der Waals surface area contributed by atoms with Gasteiger partial charge in [-0.15, -0.1) is 0 Å². The number of allylic oxidation sites excluding steroid dienone is 1. The lowest BCUT2D eigenvalue weighted by molar-refractivity contribution is 0.387. The molecule has 0 radical (unpaired) electrons. The van der Waals surface area contributed by atoms with Gasteiger partial charge in [0.2, 0.25) is 0 Å². The van der Waals surface area contributed by atoms with Crippen molar-refractivity contribution in [2.45, 2.75) is 13.3 Å². The third kappa shape index (κ3) is 3.56. The number of hydrogen-bond donors (Lipinski definition) is 4. The molecule has 5 N–H and O–H groups in total. The third-order valence-corrected chi connectivity index (χ3v) is 3.08. The monoisotopic (exact) mass is 260 g/mol. The van der Waals surface area contributed by atoms with Crippen LogP contribution in [0.1, 0.15) is 11.1 Å². The lowest BCUT2D eigenvalue weighted by Crippen LogP contribution is -2.24. The van der Waals surface area contributed by atoms with Gasteiger partial charge in [0.1, 0.15) is 5.76 Å². The van der Waals surface area contributed by atoms with E-state index in [1.54, 1.807) is 0 Å².